The topological polar surface area (TPSA) is 69.6 Å². The van der Waals surface area contributed by atoms with Crippen molar-refractivity contribution in [2.75, 3.05) is 14.1 Å². The quantitative estimate of drug-likeness (QED) is 0.806. The number of nitrogens with zero attached hydrogens (tertiary/aromatic N) is 1. The summed E-state index contributed by atoms with van der Waals surface area (Å²) in [6.07, 6.45) is 0.693. The highest BCUT2D eigenvalue weighted by Gasteiger charge is 2.25. The van der Waals surface area contributed by atoms with Crippen LogP contribution in [0.4, 0.5) is 0 Å². The van der Waals surface area contributed by atoms with Gasteiger partial charge in [-0.25, -0.2) is 4.79 Å². The zero-order valence-electron chi connectivity index (χ0n) is 13.1. The van der Waals surface area contributed by atoms with Gasteiger partial charge in [0.25, 0.3) is 5.91 Å². The van der Waals surface area contributed by atoms with E-state index < -0.39 is 12.0 Å². The average Bonchev–Trinajstić information content (AvgIpc) is 2.43. The van der Waals surface area contributed by atoms with E-state index in [1.807, 2.05) is 45.0 Å². The maximum Gasteiger partial charge on any atom is 0.326 e. The van der Waals surface area contributed by atoms with E-state index in [1.165, 1.54) is 0 Å². The second-order valence-electron chi connectivity index (χ2n) is 5.61. The second kappa shape index (κ2) is 7.78. The Hall–Kier alpha value is -1.88. The maximum atomic E-state index is 12.1. The van der Waals surface area contributed by atoms with Gasteiger partial charge in [0.2, 0.25) is 0 Å². The predicted molar refractivity (Wildman–Crippen MR) is 82.2 cm³/mol. The molecule has 0 aromatic heterocycles. The third kappa shape index (κ3) is 5.19. The molecule has 0 aliphatic carbocycles. The van der Waals surface area contributed by atoms with Crippen molar-refractivity contribution < 1.29 is 14.7 Å². The Labute approximate surface area is 126 Å². The monoisotopic (exact) mass is 292 g/mol. The number of nitrogens with one attached hydrogen (secondary N) is 1. The van der Waals surface area contributed by atoms with Gasteiger partial charge in [-0.15, -0.1) is 0 Å². The largest absolute Gasteiger partial charge is 0.480 e. The number of carbonyl (C=O) groups is 2. The molecule has 0 heterocycles. The molecule has 5 nitrogen and oxygen atoms in total. The molecule has 0 aliphatic heterocycles. The van der Waals surface area contributed by atoms with Gasteiger partial charge in [-0.2, -0.15) is 0 Å². The van der Waals surface area contributed by atoms with E-state index in [9.17, 15) is 14.7 Å². The van der Waals surface area contributed by atoms with Crippen molar-refractivity contribution in [1.82, 2.24) is 10.2 Å². The molecule has 1 rings (SSSR count). The summed E-state index contributed by atoms with van der Waals surface area (Å²) in [5.41, 5.74) is 1.58. The van der Waals surface area contributed by atoms with Crippen molar-refractivity contribution in [1.29, 1.82) is 0 Å². The molecule has 0 radical (unpaired) electrons. The average molecular weight is 292 g/mol. The van der Waals surface area contributed by atoms with Gasteiger partial charge in [0.05, 0.1) is 0 Å². The Balaban J connectivity index is 2.76. The van der Waals surface area contributed by atoms with Gasteiger partial charge < -0.3 is 15.3 Å². The lowest BCUT2D eigenvalue weighted by Crippen LogP contribution is -2.45. The number of amides is 1. The maximum absolute atomic E-state index is 12.1. The number of carboxylic acids is 1. The minimum Gasteiger partial charge on any atom is -0.480 e. The minimum atomic E-state index is -0.998. The van der Waals surface area contributed by atoms with Gasteiger partial charge in [-0.3, -0.25) is 4.79 Å². The molecular weight excluding hydrogens is 268 g/mol. The van der Waals surface area contributed by atoms with Crippen LogP contribution in [-0.4, -0.2) is 42.0 Å². The fourth-order valence-electron chi connectivity index (χ4n) is 2.03. The molecule has 2 atom stereocenters. The SMILES string of the molecule is CCC(C)C(NC(=O)c1ccc(CN(C)C)cc1)C(=O)O. The molecule has 2 unspecified atom stereocenters. The van der Waals surface area contributed by atoms with E-state index in [-0.39, 0.29) is 11.8 Å². The number of rotatable bonds is 7. The lowest BCUT2D eigenvalue weighted by molar-refractivity contribution is -0.140. The Kier molecular flexibility index (Phi) is 6.37. The highest BCUT2D eigenvalue weighted by atomic mass is 16.4. The Morgan fingerprint density at radius 3 is 2.24 bits per heavy atom. The molecule has 0 aliphatic rings. The molecular formula is C16H24N2O3. The molecule has 0 saturated heterocycles. The fourth-order valence-corrected chi connectivity index (χ4v) is 2.03. The highest BCUT2D eigenvalue weighted by Crippen LogP contribution is 2.11. The van der Waals surface area contributed by atoms with Gasteiger partial charge in [0, 0.05) is 12.1 Å². The Bertz CT molecular complexity index is 483. The van der Waals surface area contributed by atoms with Crippen LogP contribution in [0.1, 0.15) is 36.2 Å². The van der Waals surface area contributed by atoms with Crippen LogP contribution < -0.4 is 5.32 Å². The third-order valence-corrected chi connectivity index (χ3v) is 3.48. The molecule has 116 valence electrons. The van der Waals surface area contributed by atoms with E-state index >= 15 is 0 Å². The standard InChI is InChI=1S/C16H24N2O3/c1-5-11(2)14(16(20)21)17-15(19)13-8-6-12(7-9-13)10-18(3)4/h6-9,11,14H,5,10H2,1-4H3,(H,17,19)(H,20,21). The molecule has 1 amide bonds. The summed E-state index contributed by atoms with van der Waals surface area (Å²) in [6, 6.07) is 6.36. The van der Waals surface area contributed by atoms with Gasteiger partial charge in [-0.05, 0) is 37.7 Å². The normalized spacial score (nSPS) is 13.8. The van der Waals surface area contributed by atoms with Gasteiger partial charge in [0.15, 0.2) is 0 Å². The molecule has 21 heavy (non-hydrogen) atoms. The van der Waals surface area contributed by atoms with Crippen LogP contribution >= 0.6 is 0 Å². The molecule has 2 N–H and O–H groups in total. The van der Waals surface area contributed by atoms with Crippen LogP contribution in [0.15, 0.2) is 24.3 Å². The zero-order chi connectivity index (χ0) is 16.0. The summed E-state index contributed by atoms with van der Waals surface area (Å²) in [6.45, 7) is 4.52. The van der Waals surface area contributed by atoms with Gasteiger partial charge in [0.1, 0.15) is 6.04 Å². The summed E-state index contributed by atoms with van der Waals surface area (Å²) in [7, 11) is 3.95. The van der Waals surface area contributed by atoms with Gasteiger partial charge in [-0.1, -0.05) is 32.4 Å². The van der Waals surface area contributed by atoms with E-state index in [0.717, 1.165) is 12.1 Å². The van der Waals surface area contributed by atoms with Crippen LogP contribution in [0, 0.1) is 5.92 Å². The number of carboxylic acid groups (broad SMARTS) is 1. The Morgan fingerprint density at radius 1 is 1.24 bits per heavy atom. The second-order valence-corrected chi connectivity index (χ2v) is 5.61. The minimum absolute atomic E-state index is 0.112. The van der Waals surface area contributed by atoms with E-state index in [4.69, 9.17) is 0 Å². The number of benzene rings is 1. The van der Waals surface area contributed by atoms with Crippen molar-refractivity contribution >= 4 is 11.9 Å². The van der Waals surface area contributed by atoms with Crippen molar-refractivity contribution in [2.24, 2.45) is 5.92 Å². The first-order chi connectivity index (χ1) is 9.85. The highest BCUT2D eigenvalue weighted by molar-refractivity contribution is 5.96. The Morgan fingerprint density at radius 2 is 1.81 bits per heavy atom. The summed E-state index contributed by atoms with van der Waals surface area (Å²) in [5.74, 6) is -1.46. The van der Waals surface area contributed by atoms with Crippen LogP contribution in [0.3, 0.4) is 0 Å². The molecule has 0 spiro atoms. The van der Waals surface area contributed by atoms with Crippen LogP contribution in [-0.2, 0) is 11.3 Å². The molecule has 0 fully saturated rings. The number of hydrogen-bond acceptors (Lipinski definition) is 3. The van der Waals surface area contributed by atoms with Crippen LogP contribution in [0.25, 0.3) is 0 Å². The zero-order valence-corrected chi connectivity index (χ0v) is 13.1. The first-order valence-electron chi connectivity index (χ1n) is 7.12. The summed E-state index contributed by atoms with van der Waals surface area (Å²) >= 11 is 0. The first-order valence-corrected chi connectivity index (χ1v) is 7.12. The van der Waals surface area contributed by atoms with E-state index in [1.54, 1.807) is 12.1 Å². The predicted octanol–water partition coefficient (Wildman–Crippen LogP) is 1.98. The van der Waals surface area contributed by atoms with Gasteiger partial charge >= 0.3 is 5.97 Å². The van der Waals surface area contributed by atoms with E-state index in [2.05, 4.69) is 5.32 Å². The lowest BCUT2D eigenvalue weighted by atomic mass is 9.99. The number of aliphatic carboxylic acids is 1. The number of carbonyl (C=O) groups excluding carboxylic acids is 1. The van der Waals surface area contributed by atoms with Crippen LogP contribution in [0.2, 0.25) is 0 Å². The van der Waals surface area contributed by atoms with E-state index in [0.29, 0.717) is 12.0 Å². The molecule has 0 bridgehead atoms. The molecule has 1 aromatic carbocycles. The summed E-state index contributed by atoms with van der Waals surface area (Å²) in [5, 5.41) is 11.8. The third-order valence-electron chi connectivity index (χ3n) is 3.48. The van der Waals surface area contributed by atoms with Crippen LogP contribution in [0.5, 0.6) is 0 Å². The van der Waals surface area contributed by atoms with Crippen molar-refractivity contribution in [3.05, 3.63) is 35.4 Å². The van der Waals surface area contributed by atoms with Crippen molar-refractivity contribution in [3.63, 3.8) is 0 Å². The van der Waals surface area contributed by atoms with Crippen molar-refractivity contribution in [3.8, 4) is 0 Å². The number of hydrogen-bond donors (Lipinski definition) is 2. The summed E-state index contributed by atoms with van der Waals surface area (Å²) < 4.78 is 0. The molecule has 0 saturated carbocycles. The van der Waals surface area contributed by atoms with Crippen molar-refractivity contribution in [2.45, 2.75) is 32.9 Å². The lowest BCUT2D eigenvalue weighted by Gasteiger charge is -2.20. The smallest absolute Gasteiger partial charge is 0.326 e. The summed E-state index contributed by atoms with van der Waals surface area (Å²) in [4.78, 5) is 25.4. The molecule has 5 heteroatoms. The fraction of sp³-hybridized carbons (Fsp3) is 0.500. The first kappa shape index (κ1) is 17.2. The molecule has 1 aromatic rings.